The van der Waals surface area contributed by atoms with Crippen molar-refractivity contribution in [2.45, 2.75) is 33.7 Å². The summed E-state index contributed by atoms with van der Waals surface area (Å²) in [7, 11) is 0. The number of rotatable bonds is 5. The lowest BCUT2D eigenvalue weighted by atomic mass is 10.1. The molecule has 1 aromatic rings. The van der Waals surface area contributed by atoms with Gasteiger partial charge in [-0.15, -0.1) is 0 Å². The molecule has 2 N–H and O–H groups in total. The van der Waals surface area contributed by atoms with Crippen molar-refractivity contribution in [3.63, 3.8) is 0 Å². The molecule has 1 amide bonds. The van der Waals surface area contributed by atoms with E-state index in [1.807, 2.05) is 26.0 Å². The predicted octanol–water partition coefficient (Wildman–Crippen LogP) is 4.09. The normalized spacial score (nSPS) is 12.4. The second-order valence-electron chi connectivity index (χ2n) is 5.06. The second-order valence-corrected chi connectivity index (χ2v) is 6.77. The Morgan fingerprint density at radius 3 is 2.21 bits per heavy atom. The monoisotopic (exact) mass is 390 g/mol. The molecule has 0 aliphatic rings. The fourth-order valence-corrected chi connectivity index (χ4v) is 3.20. The van der Waals surface area contributed by atoms with Crippen molar-refractivity contribution in [1.29, 1.82) is 0 Å². The maximum atomic E-state index is 11.8. The Bertz CT molecular complexity index is 438. The summed E-state index contributed by atoms with van der Waals surface area (Å²) in [5.74, 6) is 0.433. The van der Waals surface area contributed by atoms with Crippen molar-refractivity contribution >= 4 is 43.5 Å². The zero-order chi connectivity index (χ0) is 14.6. The van der Waals surface area contributed by atoms with Gasteiger partial charge in [0.2, 0.25) is 5.91 Å². The smallest absolute Gasteiger partial charge is 0.239 e. The second kappa shape index (κ2) is 7.29. The molecule has 0 saturated carbocycles. The third-order valence-corrected chi connectivity index (χ3v) is 4.25. The number of carbonyl (C=O) groups is 1. The SMILES string of the molecule is Cc1cc(Br)c(NCC(=O)NC(C)C(C)C)c(Br)c1. The summed E-state index contributed by atoms with van der Waals surface area (Å²) in [5.41, 5.74) is 2.06. The van der Waals surface area contributed by atoms with Crippen LogP contribution in [0.4, 0.5) is 5.69 Å². The van der Waals surface area contributed by atoms with Crippen molar-refractivity contribution in [2.24, 2.45) is 5.92 Å². The standard InChI is InChI=1S/C14H20Br2N2O/c1-8(2)10(4)18-13(19)7-17-14-11(15)5-9(3)6-12(14)16/h5-6,8,10,17H,7H2,1-4H3,(H,18,19). The Morgan fingerprint density at radius 2 is 1.74 bits per heavy atom. The molecule has 0 spiro atoms. The molecular formula is C14H20Br2N2O. The number of halogens is 2. The first-order valence-electron chi connectivity index (χ1n) is 6.30. The van der Waals surface area contributed by atoms with E-state index in [0.29, 0.717) is 5.92 Å². The first-order chi connectivity index (χ1) is 8.81. The zero-order valence-corrected chi connectivity index (χ0v) is 14.9. The summed E-state index contributed by atoms with van der Waals surface area (Å²) in [6.07, 6.45) is 0. The number of benzene rings is 1. The molecule has 0 radical (unpaired) electrons. The van der Waals surface area contributed by atoms with Gasteiger partial charge in [0.1, 0.15) is 0 Å². The van der Waals surface area contributed by atoms with E-state index in [-0.39, 0.29) is 18.5 Å². The maximum Gasteiger partial charge on any atom is 0.239 e. The number of hydrogen-bond acceptors (Lipinski definition) is 2. The van der Waals surface area contributed by atoms with Gasteiger partial charge in [-0.1, -0.05) is 13.8 Å². The van der Waals surface area contributed by atoms with E-state index in [4.69, 9.17) is 0 Å². The minimum absolute atomic E-state index is 0.000532. The highest BCUT2D eigenvalue weighted by molar-refractivity contribution is 9.11. The molecule has 0 saturated heterocycles. The molecule has 0 bridgehead atoms. The van der Waals surface area contributed by atoms with Crippen molar-refractivity contribution in [3.8, 4) is 0 Å². The third kappa shape index (κ3) is 5.15. The topological polar surface area (TPSA) is 41.1 Å². The molecule has 106 valence electrons. The summed E-state index contributed by atoms with van der Waals surface area (Å²) in [6.45, 7) is 8.48. The van der Waals surface area contributed by atoms with Gasteiger partial charge >= 0.3 is 0 Å². The largest absolute Gasteiger partial charge is 0.374 e. The average molecular weight is 392 g/mol. The minimum atomic E-state index is 0.000532. The number of anilines is 1. The van der Waals surface area contributed by atoms with E-state index >= 15 is 0 Å². The lowest BCUT2D eigenvalue weighted by Gasteiger charge is -2.18. The van der Waals surface area contributed by atoms with Crippen LogP contribution < -0.4 is 10.6 Å². The fourth-order valence-electron chi connectivity index (χ4n) is 1.51. The van der Waals surface area contributed by atoms with Gasteiger partial charge in [-0.2, -0.15) is 0 Å². The fraction of sp³-hybridized carbons (Fsp3) is 0.500. The van der Waals surface area contributed by atoms with E-state index in [0.717, 1.165) is 20.2 Å². The van der Waals surface area contributed by atoms with Crippen LogP contribution in [-0.2, 0) is 4.79 Å². The van der Waals surface area contributed by atoms with E-state index in [9.17, 15) is 4.79 Å². The summed E-state index contributed by atoms with van der Waals surface area (Å²) in [5, 5.41) is 6.11. The molecular weight excluding hydrogens is 372 g/mol. The van der Waals surface area contributed by atoms with E-state index in [1.54, 1.807) is 0 Å². The average Bonchev–Trinajstić information content (AvgIpc) is 2.27. The van der Waals surface area contributed by atoms with Gasteiger partial charge in [0.25, 0.3) is 0 Å². The van der Waals surface area contributed by atoms with Gasteiger partial charge in [-0.25, -0.2) is 0 Å². The van der Waals surface area contributed by atoms with Crippen LogP contribution in [0.3, 0.4) is 0 Å². The van der Waals surface area contributed by atoms with E-state index < -0.39 is 0 Å². The molecule has 0 aliphatic carbocycles. The summed E-state index contributed by atoms with van der Waals surface area (Å²) in [4.78, 5) is 11.8. The molecule has 3 nitrogen and oxygen atoms in total. The van der Waals surface area contributed by atoms with Gasteiger partial charge in [0.05, 0.1) is 12.2 Å². The zero-order valence-electron chi connectivity index (χ0n) is 11.7. The molecule has 19 heavy (non-hydrogen) atoms. The summed E-state index contributed by atoms with van der Waals surface area (Å²) < 4.78 is 1.90. The van der Waals surface area contributed by atoms with Crippen molar-refractivity contribution in [1.82, 2.24) is 5.32 Å². The van der Waals surface area contributed by atoms with Crippen LogP contribution in [0.1, 0.15) is 26.3 Å². The molecule has 0 aliphatic heterocycles. The molecule has 0 fully saturated rings. The van der Waals surface area contributed by atoms with Crippen molar-refractivity contribution in [2.75, 3.05) is 11.9 Å². The molecule has 1 atom stereocenters. The lowest BCUT2D eigenvalue weighted by Crippen LogP contribution is -2.39. The Hall–Kier alpha value is -0.550. The van der Waals surface area contributed by atoms with Crippen LogP contribution in [0.2, 0.25) is 0 Å². The first-order valence-corrected chi connectivity index (χ1v) is 7.88. The molecule has 5 heteroatoms. The number of hydrogen-bond donors (Lipinski definition) is 2. The minimum Gasteiger partial charge on any atom is -0.374 e. The maximum absolute atomic E-state index is 11.8. The van der Waals surface area contributed by atoms with Gasteiger partial charge in [-0.3, -0.25) is 4.79 Å². The predicted molar refractivity (Wildman–Crippen MR) is 87.5 cm³/mol. The Labute approximate surface area is 131 Å². The molecule has 0 heterocycles. The van der Waals surface area contributed by atoms with Crippen LogP contribution in [0.25, 0.3) is 0 Å². The van der Waals surface area contributed by atoms with Crippen molar-refractivity contribution < 1.29 is 4.79 Å². The first kappa shape index (κ1) is 16.5. The highest BCUT2D eigenvalue weighted by Crippen LogP contribution is 2.32. The van der Waals surface area contributed by atoms with Crippen LogP contribution in [0.15, 0.2) is 21.1 Å². The number of aryl methyl sites for hydroxylation is 1. The molecule has 1 unspecified atom stereocenters. The Morgan fingerprint density at radius 1 is 1.21 bits per heavy atom. The molecule has 1 aromatic carbocycles. The van der Waals surface area contributed by atoms with Gasteiger partial charge < -0.3 is 10.6 Å². The lowest BCUT2D eigenvalue weighted by molar-refractivity contribution is -0.120. The molecule has 0 aromatic heterocycles. The van der Waals surface area contributed by atoms with Gasteiger partial charge in [0, 0.05) is 15.0 Å². The van der Waals surface area contributed by atoms with Crippen LogP contribution >= 0.6 is 31.9 Å². The number of carbonyl (C=O) groups excluding carboxylic acids is 1. The Kier molecular flexibility index (Phi) is 6.33. The van der Waals surface area contributed by atoms with Gasteiger partial charge in [0.15, 0.2) is 0 Å². The molecule has 1 rings (SSSR count). The number of nitrogens with one attached hydrogen (secondary N) is 2. The van der Waals surface area contributed by atoms with Crippen LogP contribution in [0, 0.1) is 12.8 Å². The highest BCUT2D eigenvalue weighted by atomic mass is 79.9. The third-order valence-electron chi connectivity index (χ3n) is 3.00. The quantitative estimate of drug-likeness (QED) is 0.793. The van der Waals surface area contributed by atoms with Crippen LogP contribution in [0.5, 0.6) is 0 Å². The van der Waals surface area contributed by atoms with E-state index in [1.165, 1.54) is 0 Å². The van der Waals surface area contributed by atoms with Gasteiger partial charge in [-0.05, 0) is 69.3 Å². The number of amides is 1. The highest BCUT2D eigenvalue weighted by Gasteiger charge is 2.12. The Balaban J connectivity index is 2.60. The summed E-state index contributed by atoms with van der Waals surface area (Å²) >= 11 is 7.00. The summed E-state index contributed by atoms with van der Waals surface area (Å²) in [6, 6.07) is 4.21. The van der Waals surface area contributed by atoms with Crippen molar-refractivity contribution in [3.05, 3.63) is 26.6 Å². The van der Waals surface area contributed by atoms with E-state index in [2.05, 4.69) is 56.3 Å². The van der Waals surface area contributed by atoms with Crippen LogP contribution in [-0.4, -0.2) is 18.5 Å².